The number of aliphatic hydroxyl groups is 2. The fourth-order valence-electron chi connectivity index (χ4n) is 1.10. The van der Waals surface area contributed by atoms with E-state index in [9.17, 15) is 0 Å². The topological polar surface area (TPSA) is 61.7 Å². The number of rotatable bonds is 5. The van der Waals surface area contributed by atoms with Gasteiger partial charge in [-0.05, 0) is 12.1 Å². The second kappa shape index (κ2) is 5.80. The van der Waals surface area contributed by atoms with Crippen LogP contribution in [0.3, 0.4) is 0 Å². The van der Waals surface area contributed by atoms with Crippen molar-refractivity contribution in [2.45, 2.75) is 6.10 Å². The van der Waals surface area contributed by atoms with Gasteiger partial charge >= 0.3 is 0 Å². The molecule has 3 N–H and O–H groups in total. The number of nitrogens with one attached hydrogen (secondary N) is 1. The van der Waals surface area contributed by atoms with E-state index in [1.807, 2.05) is 0 Å². The minimum absolute atomic E-state index is 0.258. The van der Waals surface area contributed by atoms with Crippen molar-refractivity contribution >= 4 is 17.3 Å². The van der Waals surface area contributed by atoms with E-state index in [0.717, 1.165) is 5.69 Å². The highest BCUT2D eigenvalue weighted by molar-refractivity contribution is 6.30. The lowest BCUT2D eigenvalue weighted by atomic mass is 10.2. The van der Waals surface area contributed by atoms with E-state index in [2.05, 4.69) is 5.32 Å². The van der Waals surface area contributed by atoms with Gasteiger partial charge in [0.15, 0.2) is 0 Å². The molecule has 1 aromatic carbocycles. The third-order valence-corrected chi connectivity index (χ3v) is 2.14. The molecule has 0 heterocycles. The Morgan fingerprint density at radius 2 is 2.27 bits per heavy atom. The number of hydrogen-bond donors (Lipinski definition) is 3. The van der Waals surface area contributed by atoms with E-state index < -0.39 is 6.10 Å². The molecule has 1 rings (SSSR count). The highest BCUT2D eigenvalue weighted by Gasteiger charge is 2.06. The number of hydrogen-bond acceptors (Lipinski definition) is 4. The Morgan fingerprint density at radius 1 is 1.53 bits per heavy atom. The maximum Gasteiger partial charge on any atom is 0.143 e. The normalized spacial score (nSPS) is 12.3. The Morgan fingerprint density at radius 3 is 2.87 bits per heavy atom. The van der Waals surface area contributed by atoms with Crippen LogP contribution in [0.15, 0.2) is 18.2 Å². The predicted octanol–water partition coefficient (Wildman–Crippen LogP) is 1.11. The number of benzene rings is 1. The summed E-state index contributed by atoms with van der Waals surface area (Å²) in [5, 5.41) is 21.3. The van der Waals surface area contributed by atoms with E-state index in [4.69, 9.17) is 26.6 Å². The Balaban J connectivity index is 2.67. The summed E-state index contributed by atoms with van der Waals surface area (Å²) in [5.41, 5.74) is 0.731. The van der Waals surface area contributed by atoms with Crippen molar-refractivity contribution in [2.75, 3.05) is 25.6 Å². The lowest BCUT2D eigenvalue weighted by molar-refractivity contribution is 0.105. The minimum Gasteiger partial charge on any atom is -0.495 e. The van der Waals surface area contributed by atoms with Gasteiger partial charge in [0.2, 0.25) is 0 Å². The fraction of sp³-hybridized carbons (Fsp3) is 0.400. The molecule has 1 aromatic rings. The third kappa shape index (κ3) is 3.58. The van der Waals surface area contributed by atoms with Crippen molar-refractivity contribution in [1.82, 2.24) is 0 Å². The van der Waals surface area contributed by atoms with Crippen LogP contribution in [0.25, 0.3) is 0 Å². The summed E-state index contributed by atoms with van der Waals surface area (Å²) in [6, 6.07) is 5.15. The molecule has 0 saturated heterocycles. The fourth-order valence-corrected chi connectivity index (χ4v) is 1.27. The lowest BCUT2D eigenvalue weighted by Gasteiger charge is -2.13. The van der Waals surface area contributed by atoms with E-state index in [-0.39, 0.29) is 13.2 Å². The second-order valence-electron chi connectivity index (χ2n) is 3.06. The highest BCUT2D eigenvalue weighted by Crippen LogP contribution is 2.27. The van der Waals surface area contributed by atoms with Gasteiger partial charge in [-0.15, -0.1) is 0 Å². The zero-order valence-electron chi connectivity index (χ0n) is 8.40. The predicted molar refractivity (Wildman–Crippen MR) is 59.6 cm³/mol. The average molecular weight is 232 g/mol. The van der Waals surface area contributed by atoms with E-state index in [1.54, 1.807) is 25.3 Å². The molecule has 15 heavy (non-hydrogen) atoms. The molecule has 0 fully saturated rings. The van der Waals surface area contributed by atoms with Gasteiger partial charge < -0.3 is 20.3 Å². The Hall–Kier alpha value is -0.970. The van der Waals surface area contributed by atoms with Crippen LogP contribution >= 0.6 is 11.6 Å². The first-order valence-electron chi connectivity index (χ1n) is 4.53. The van der Waals surface area contributed by atoms with E-state index >= 15 is 0 Å². The summed E-state index contributed by atoms with van der Waals surface area (Å²) < 4.78 is 5.10. The van der Waals surface area contributed by atoms with Gasteiger partial charge in [-0.25, -0.2) is 0 Å². The smallest absolute Gasteiger partial charge is 0.143 e. The first-order valence-corrected chi connectivity index (χ1v) is 4.91. The highest BCUT2D eigenvalue weighted by atomic mass is 35.5. The first-order chi connectivity index (χ1) is 7.17. The number of ether oxygens (including phenoxy) is 1. The van der Waals surface area contributed by atoms with E-state index in [0.29, 0.717) is 10.8 Å². The van der Waals surface area contributed by atoms with Gasteiger partial charge in [-0.1, -0.05) is 11.6 Å². The number of anilines is 1. The van der Waals surface area contributed by atoms with Gasteiger partial charge in [-0.3, -0.25) is 0 Å². The van der Waals surface area contributed by atoms with Gasteiger partial charge in [0.25, 0.3) is 0 Å². The molecule has 0 bridgehead atoms. The molecule has 84 valence electrons. The summed E-state index contributed by atoms with van der Waals surface area (Å²) in [7, 11) is 1.54. The Kier molecular flexibility index (Phi) is 4.68. The van der Waals surface area contributed by atoms with E-state index in [1.165, 1.54) is 0 Å². The van der Waals surface area contributed by atoms with Crippen molar-refractivity contribution in [3.05, 3.63) is 23.2 Å². The van der Waals surface area contributed by atoms with Crippen LogP contribution in [-0.4, -0.2) is 36.6 Å². The zero-order chi connectivity index (χ0) is 11.3. The number of halogens is 1. The summed E-state index contributed by atoms with van der Waals surface area (Å²) >= 11 is 5.79. The molecule has 0 aliphatic heterocycles. The van der Waals surface area contributed by atoms with Crippen LogP contribution < -0.4 is 10.1 Å². The number of methoxy groups -OCH3 is 1. The molecule has 0 spiro atoms. The van der Waals surface area contributed by atoms with Crippen LogP contribution in [0.2, 0.25) is 5.02 Å². The largest absolute Gasteiger partial charge is 0.495 e. The monoisotopic (exact) mass is 231 g/mol. The van der Waals surface area contributed by atoms with Crippen LogP contribution in [0.4, 0.5) is 5.69 Å². The molecule has 0 amide bonds. The molecule has 0 aliphatic carbocycles. The van der Waals surface area contributed by atoms with Crippen molar-refractivity contribution in [3.63, 3.8) is 0 Å². The molecule has 1 atom stereocenters. The standard InChI is InChI=1S/C10H14ClNO3/c1-15-10-4-7(11)2-3-9(10)12-5-8(14)6-13/h2-4,8,12-14H,5-6H2,1H3. The Labute approximate surface area is 93.4 Å². The molecular formula is C10H14ClNO3. The third-order valence-electron chi connectivity index (χ3n) is 1.90. The maximum absolute atomic E-state index is 9.16. The molecule has 1 unspecified atom stereocenters. The van der Waals surface area contributed by atoms with Crippen molar-refractivity contribution in [3.8, 4) is 5.75 Å². The Bertz CT molecular complexity index is 320. The second-order valence-corrected chi connectivity index (χ2v) is 3.50. The molecular weight excluding hydrogens is 218 g/mol. The number of aliphatic hydroxyl groups excluding tert-OH is 2. The van der Waals surface area contributed by atoms with Gasteiger partial charge in [0, 0.05) is 17.6 Å². The molecule has 4 nitrogen and oxygen atoms in total. The lowest BCUT2D eigenvalue weighted by Crippen LogP contribution is -2.23. The van der Waals surface area contributed by atoms with Gasteiger partial charge in [0.1, 0.15) is 5.75 Å². The van der Waals surface area contributed by atoms with Crippen molar-refractivity contribution < 1.29 is 14.9 Å². The van der Waals surface area contributed by atoms with Crippen molar-refractivity contribution in [1.29, 1.82) is 0 Å². The molecule has 5 heteroatoms. The summed E-state index contributed by atoms with van der Waals surface area (Å²) in [5.74, 6) is 0.604. The molecule has 0 saturated carbocycles. The molecule has 0 aliphatic rings. The molecule has 0 radical (unpaired) electrons. The van der Waals surface area contributed by atoms with Crippen LogP contribution in [0.5, 0.6) is 5.75 Å². The van der Waals surface area contributed by atoms with Crippen LogP contribution in [0, 0.1) is 0 Å². The van der Waals surface area contributed by atoms with Crippen LogP contribution in [0.1, 0.15) is 0 Å². The minimum atomic E-state index is -0.787. The van der Waals surface area contributed by atoms with Gasteiger partial charge in [0.05, 0.1) is 25.5 Å². The summed E-state index contributed by atoms with van der Waals surface area (Å²) in [6.07, 6.45) is -0.787. The van der Waals surface area contributed by atoms with Crippen LogP contribution in [-0.2, 0) is 0 Å². The van der Waals surface area contributed by atoms with Crippen molar-refractivity contribution in [2.24, 2.45) is 0 Å². The van der Waals surface area contributed by atoms with Gasteiger partial charge in [-0.2, -0.15) is 0 Å². The SMILES string of the molecule is COc1cc(Cl)ccc1NCC(O)CO. The first kappa shape index (κ1) is 12.1. The molecule has 0 aromatic heterocycles. The summed E-state index contributed by atoms with van der Waals surface area (Å²) in [4.78, 5) is 0. The summed E-state index contributed by atoms with van der Waals surface area (Å²) in [6.45, 7) is -0.0165. The quantitative estimate of drug-likeness (QED) is 0.711. The average Bonchev–Trinajstić information content (AvgIpc) is 2.26. The zero-order valence-corrected chi connectivity index (χ0v) is 9.16. The maximum atomic E-state index is 9.16.